The number of rotatable bonds is 3. The predicted molar refractivity (Wildman–Crippen MR) is 66.6 cm³/mol. The highest BCUT2D eigenvalue weighted by atomic mass is 19.2. The first-order chi connectivity index (χ1) is 8.58. The first kappa shape index (κ1) is 12.6. The smallest absolute Gasteiger partial charge is 0.159 e. The Labute approximate surface area is 105 Å². The molecule has 0 fully saturated rings. The molecule has 0 aliphatic heterocycles. The number of hydrogen-bond acceptors (Lipinski definition) is 1. The predicted octanol–water partition coefficient (Wildman–Crippen LogP) is 4.16. The maximum absolute atomic E-state index is 13.0. The van der Waals surface area contributed by atoms with E-state index < -0.39 is 11.6 Å². The van der Waals surface area contributed by atoms with Gasteiger partial charge in [0.25, 0.3) is 0 Å². The van der Waals surface area contributed by atoms with Crippen LogP contribution >= 0.6 is 0 Å². The normalized spacial score (nSPS) is 10.4. The van der Waals surface area contributed by atoms with Crippen LogP contribution in [0.2, 0.25) is 0 Å². The van der Waals surface area contributed by atoms with Crippen molar-refractivity contribution >= 4 is 0 Å². The molecule has 1 nitrogen and oxygen atoms in total. The lowest BCUT2D eigenvalue weighted by Gasteiger charge is -2.12. The summed E-state index contributed by atoms with van der Waals surface area (Å²) in [5.74, 6) is -0.898. The zero-order valence-corrected chi connectivity index (χ0v) is 10.3. The van der Waals surface area contributed by atoms with Crippen LogP contribution in [0.1, 0.15) is 16.7 Å². The maximum atomic E-state index is 13.0. The van der Waals surface area contributed by atoms with Gasteiger partial charge in [0.05, 0.1) is 0 Å². The summed E-state index contributed by atoms with van der Waals surface area (Å²) in [6.07, 6.45) is 0. The summed E-state index contributed by atoms with van der Waals surface area (Å²) in [5.41, 5.74) is 2.66. The quantitative estimate of drug-likeness (QED) is 0.792. The highest BCUT2D eigenvalue weighted by molar-refractivity contribution is 5.39. The number of hydrogen-bond donors (Lipinski definition) is 0. The molecule has 2 aromatic rings. The van der Waals surface area contributed by atoms with Crippen LogP contribution in [0.5, 0.6) is 5.75 Å². The molecular weight excluding hydrogens is 234 g/mol. The van der Waals surface area contributed by atoms with Gasteiger partial charge in [-0.2, -0.15) is 0 Å². The van der Waals surface area contributed by atoms with Gasteiger partial charge in [0.1, 0.15) is 12.4 Å². The molecule has 0 spiro atoms. The molecule has 0 bridgehead atoms. The zero-order valence-electron chi connectivity index (χ0n) is 10.3. The lowest BCUT2D eigenvalue weighted by atomic mass is 10.1. The molecular formula is C15H14F2O. The average Bonchev–Trinajstić information content (AvgIpc) is 2.33. The summed E-state index contributed by atoms with van der Waals surface area (Å²) in [5, 5.41) is 0. The molecule has 0 radical (unpaired) electrons. The fourth-order valence-corrected chi connectivity index (χ4v) is 1.81. The molecule has 0 aliphatic rings. The third-order valence-corrected chi connectivity index (χ3v) is 2.78. The van der Waals surface area contributed by atoms with Crippen LogP contribution in [0.15, 0.2) is 36.4 Å². The van der Waals surface area contributed by atoms with E-state index >= 15 is 0 Å². The van der Waals surface area contributed by atoms with Crippen LogP contribution in [-0.2, 0) is 6.61 Å². The molecule has 3 heteroatoms. The van der Waals surface area contributed by atoms with Crippen molar-refractivity contribution in [2.75, 3.05) is 0 Å². The van der Waals surface area contributed by atoms with Crippen molar-refractivity contribution < 1.29 is 13.5 Å². The van der Waals surface area contributed by atoms with E-state index in [1.54, 1.807) is 0 Å². The fourth-order valence-electron chi connectivity index (χ4n) is 1.81. The van der Waals surface area contributed by atoms with Gasteiger partial charge in [-0.15, -0.1) is 0 Å². The van der Waals surface area contributed by atoms with Gasteiger partial charge in [0.15, 0.2) is 11.6 Å². The molecule has 0 unspecified atom stereocenters. The van der Waals surface area contributed by atoms with Crippen molar-refractivity contribution in [3.63, 3.8) is 0 Å². The van der Waals surface area contributed by atoms with Crippen LogP contribution in [0.25, 0.3) is 0 Å². The molecule has 0 saturated heterocycles. The van der Waals surface area contributed by atoms with E-state index in [2.05, 4.69) is 0 Å². The van der Waals surface area contributed by atoms with Crippen molar-refractivity contribution in [1.82, 2.24) is 0 Å². The molecule has 0 aliphatic carbocycles. The van der Waals surface area contributed by atoms with Crippen molar-refractivity contribution in [3.05, 3.63) is 64.7 Å². The van der Waals surface area contributed by atoms with Gasteiger partial charge in [-0.1, -0.05) is 24.3 Å². The van der Waals surface area contributed by atoms with Crippen LogP contribution in [0.4, 0.5) is 8.78 Å². The van der Waals surface area contributed by atoms with Gasteiger partial charge in [-0.3, -0.25) is 0 Å². The largest absolute Gasteiger partial charge is 0.488 e. The van der Waals surface area contributed by atoms with E-state index in [1.807, 2.05) is 32.0 Å². The van der Waals surface area contributed by atoms with Gasteiger partial charge in [-0.05, 0) is 42.7 Å². The average molecular weight is 248 g/mol. The second kappa shape index (κ2) is 5.17. The fraction of sp³-hybridized carbons (Fsp3) is 0.200. The van der Waals surface area contributed by atoms with E-state index in [0.717, 1.165) is 29.0 Å². The first-order valence-corrected chi connectivity index (χ1v) is 5.71. The minimum Gasteiger partial charge on any atom is -0.488 e. The van der Waals surface area contributed by atoms with Crippen molar-refractivity contribution in [1.29, 1.82) is 0 Å². The Hall–Kier alpha value is -1.90. The third kappa shape index (κ3) is 2.67. The topological polar surface area (TPSA) is 9.23 Å². The Morgan fingerprint density at radius 2 is 1.61 bits per heavy atom. The Bertz CT molecular complexity index is 544. The molecule has 2 rings (SSSR count). The number of halogens is 2. The van der Waals surface area contributed by atoms with E-state index in [-0.39, 0.29) is 6.61 Å². The molecule has 0 N–H and O–H groups in total. The summed E-state index contributed by atoms with van der Waals surface area (Å²) in [6.45, 7) is 4.13. The van der Waals surface area contributed by atoms with Crippen molar-refractivity contribution in [2.24, 2.45) is 0 Å². The summed E-state index contributed by atoms with van der Waals surface area (Å²) < 4.78 is 31.5. The molecule has 0 saturated carbocycles. The van der Waals surface area contributed by atoms with E-state index in [4.69, 9.17) is 4.74 Å². The standard InChI is InChI=1S/C15H14F2O/c1-10-4-3-5-11(2)15(10)18-9-12-6-7-13(16)14(17)8-12/h3-8H,9H2,1-2H3. The summed E-state index contributed by atoms with van der Waals surface area (Å²) in [7, 11) is 0. The molecule has 18 heavy (non-hydrogen) atoms. The first-order valence-electron chi connectivity index (χ1n) is 5.71. The minimum absolute atomic E-state index is 0.225. The van der Waals surface area contributed by atoms with E-state index in [0.29, 0.717) is 5.56 Å². The number of aryl methyl sites for hydroxylation is 2. The van der Waals surface area contributed by atoms with E-state index in [9.17, 15) is 8.78 Å². The Balaban J connectivity index is 2.14. The molecule has 2 aromatic carbocycles. The summed E-state index contributed by atoms with van der Waals surface area (Å²) in [4.78, 5) is 0. The molecule has 0 aromatic heterocycles. The van der Waals surface area contributed by atoms with Crippen molar-refractivity contribution in [3.8, 4) is 5.75 Å². The number of para-hydroxylation sites is 1. The lowest BCUT2D eigenvalue weighted by molar-refractivity contribution is 0.301. The molecule has 0 amide bonds. The second-order valence-electron chi connectivity index (χ2n) is 4.26. The molecule has 94 valence electrons. The SMILES string of the molecule is Cc1cccc(C)c1OCc1ccc(F)c(F)c1. The van der Waals surface area contributed by atoms with Gasteiger partial charge in [-0.25, -0.2) is 8.78 Å². The zero-order chi connectivity index (χ0) is 13.1. The number of benzene rings is 2. The molecule has 0 atom stereocenters. The Morgan fingerprint density at radius 1 is 0.944 bits per heavy atom. The molecule has 0 heterocycles. The minimum atomic E-state index is -0.849. The Morgan fingerprint density at radius 3 is 2.22 bits per heavy atom. The van der Waals surface area contributed by atoms with Crippen LogP contribution in [0.3, 0.4) is 0 Å². The summed E-state index contributed by atoms with van der Waals surface area (Å²) >= 11 is 0. The van der Waals surface area contributed by atoms with Crippen molar-refractivity contribution in [2.45, 2.75) is 20.5 Å². The highest BCUT2D eigenvalue weighted by Gasteiger charge is 2.06. The second-order valence-corrected chi connectivity index (χ2v) is 4.26. The van der Waals surface area contributed by atoms with Crippen LogP contribution in [0, 0.1) is 25.5 Å². The maximum Gasteiger partial charge on any atom is 0.159 e. The van der Waals surface area contributed by atoms with Gasteiger partial charge in [0, 0.05) is 0 Å². The van der Waals surface area contributed by atoms with E-state index in [1.165, 1.54) is 6.07 Å². The highest BCUT2D eigenvalue weighted by Crippen LogP contribution is 2.23. The Kier molecular flexibility index (Phi) is 3.60. The summed E-state index contributed by atoms with van der Waals surface area (Å²) in [6, 6.07) is 9.64. The van der Waals surface area contributed by atoms with Crippen LogP contribution in [-0.4, -0.2) is 0 Å². The van der Waals surface area contributed by atoms with Gasteiger partial charge in [0.2, 0.25) is 0 Å². The monoisotopic (exact) mass is 248 g/mol. The lowest BCUT2D eigenvalue weighted by Crippen LogP contribution is -2.00. The van der Waals surface area contributed by atoms with Gasteiger partial charge >= 0.3 is 0 Å². The number of ether oxygens (including phenoxy) is 1. The van der Waals surface area contributed by atoms with Gasteiger partial charge < -0.3 is 4.74 Å². The third-order valence-electron chi connectivity index (χ3n) is 2.78. The van der Waals surface area contributed by atoms with Crippen LogP contribution < -0.4 is 4.74 Å².